The molecular weight excluding hydrogens is 316 g/mol. The van der Waals surface area contributed by atoms with Crippen LogP contribution in [0.3, 0.4) is 0 Å². The Morgan fingerprint density at radius 1 is 1.13 bits per heavy atom. The number of amides is 2. The van der Waals surface area contributed by atoms with Gasteiger partial charge in [-0.3, -0.25) is 9.59 Å². The van der Waals surface area contributed by atoms with Crippen molar-refractivity contribution < 1.29 is 14.3 Å². The van der Waals surface area contributed by atoms with E-state index in [1.807, 2.05) is 6.92 Å². The molecule has 6 heteroatoms. The Kier molecular flexibility index (Phi) is 5.24. The Hall–Kier alpha value is -2.53. The predicted molar refractivity (Wildman–Crippen MR) is 91.4 cm³/mol. The van der Waals surface area contributed by atoms with Crippen molar-refractivity contribution in [3.05, 3.63) is 52.5 Å². The highest BCUT2D eigenvalue weighted by atomic mass is 35.5. The van der Waals surface area contributed by atoms with E-state index < -0.39 is 0 Å². The second-order valence-corrected chi connectivity index (χ2v) is 5.46. The number of rotatable bonds is 4. The van der Waals surface area contributed by atoms with Crippen LogP contribution in [0, 0.1) is 6.92 Å². The first-order valence-electron chi connectivity index (χ1n) is 6.94. The molecule has 2 aromatic rings. The first-order chi connectivity index (χ1) is 10.9. The van der Waals surface area contributed by atoms with Gasteiger partial charge in [0.25, 0.3) is 5.91 Å². The van der Waals surface area contributed by atoms with Crippen LogP contribution < -0.4 is 15.4 Å². The maximum absolute atomic E-state index is 12.4. The van der Waals surface area contributed by atoms with Gasteiger partial charge < -0.3 is 15.4 Å². The number of ether oxygens (including phenoxy) is 1. The average molecular weight is 333 g/mol. The highest BCUT2D eigenvalue weighted by Crippen LogP contribution is 2.32. The number of aryl methyl sites for hydroxylation is 1. The molecule has 0 spiro atoms. The van der Waals surface area contributed by atoms with Crippen molar-refractivity contribution in [2.24, 2.45) is 0 Å². The number of carbonyl (C=O) groups is 2. The molecule has 2 N–H and O–H groups in total. The minimum Gasteiger partial charge on any atom is -0.494 e. The number of nitrogens with one attached hydrogen (secondary N) is 2. The van der Waals surface area contributed by atoms with Crippen molar-refractivity contribution in [3.8, 4) is 5.75 Å². The summed E-state index contributed by atoms with van der Waals surface area (Å²) in [5.41, 5.74) is 2.28. The Bertz CT molecular complexity index is 759. The molecule has 0 aliphatic carbocycles. The smallest absolute Gasteiger partial charge is 0.255 e. The third kappa shape index (κ3) is 4.23. The highest BCUT2D eigenvalue weighted by molar-refractivity contribution is 6.31. The standard InChI is InChI=1S/C17H17ClN2O3/c1-10-7-13(18)9-15(16(10)23-3)20-17(22)12-5-4-6-14(8-12)19-11(2)21/h4-9H,1-3H3,(H,19,21)(H,20,22). The molecule has 0 radical (unpaired) electrons. The Morgan fingerprint density at radius 2 is 1.87 bits per heavy atom. The van der Waals surface area contributed by atoms with Gasteiger partial charge in [0, 0.05) is 23.2 Å². The van der Waals surface area contributed by atoms with Crippen molar-refractivity contribution in [2.75, 3.05) is 17.7 Å². The molecule has 0 unspecified atom stereocenters. The van der Waals surface area contributed by atoms with Gasteiger partial charge in [0.2, 0.25) is 5.91 Å². The van der Waals surface area contributed by atoms with E-state index in [4.69, 9.17) is 16.3 Å². The zero-order chi connectivity index (χ0) is 17.0. The molecule has 0 atom stereocenters. The third-order valence-electron chi connectivity index (χ3n) is 3.14. The van der Waals surface area contributed by atoms with E-state index >= 15 is 0 Å². The van der Waals surface area contributed by atoms with Crippen molar-refractivity contribution in [3.63, 3.8) is 0 Å². The SMILES string of the molecule is COc1c(C)cc(Cl)cc1NC(=O)c1cccc(NC(C)=O)c1. The van der Waals surface area contributed by atoms with Crippen LogP contribution in [-0.4, -0.2) is 18.9 Å². The minimum atomic E-state index is -0.322. The molecule has 0 fully saturated rings. The summed E-state index contributed by atoms with van der Waals surface area (Å²) in [6.07, 6.45) is 0. The lowest BCUT2D eigenvalue weighted by Gasteiger charge is -2.13. The van der Waals surface area contributed by atoms with E-state index in [2.05, 4.69) is 10.6 Å². The zero-order valence-corrected chi connectivity index (χ0v) is 13.8. The van der Waals surface area contributed by atoms with Gasteiger partial charge in [-0.1, -0.05) is 17.7 Å². The van der Waals surface area contributed by atoms with E-state index in [9.17, 15) is 9.59 Å². The zero-order valence-electron chi connectivity index (χ0n) is 13.1. The molecule has 2 aromatic carbocycles. The second kappa shape index (κ2) is 7.15. The number of halogens is 1. The van der Waals surface area contributed by atoms with E-state index in [-0.39, 0.29) is 11.8 Å². The maximum Gasteiger partial charge on any atom is 0.255 e. The first-order valence-corrected chi connectivity index (χ1v) is 7.31. The average Bonchev–Trinajstić information content (AvgIpc) is 2.46. The van der Waals surface area contributed by atoms with E-state index in [0.29, 0.717) is 27.7 Å². The molecule has 120 valence electrons. The largest absolute Gasteiger partial charge is 0.494 e. The molecular formula is C17H17ClN2O3. The fourth-order valence-corrected chi connectivity index (χ4v) is 2.50. The lowest BCUT2D eigenvalue weighted by Crippen LogP contribution is -2.14. The van der Waals surface area contributed by atoms with Crippen molar-refractivity contribution >= 4 is 34.8 Å². The number of carbonyl (C=O) groups excluding carboxylic acids is 2. The van der Waals surface area contributed by atoms with Crippen LogP contribution in [0.25, 0.3) is 0 Å². The number of benzene rings is 2. The summed E-state index contributed by atoms with van der Waals surface area (Å²) in [4.78, 5) is 23.5. The van der Waals surface area contributed by atoms with E-state index in [1.54, 1.807) is 36.4 Å². The molecule has 2 rings (SSSR count). The van der Waals surface area contributed by atoms with E-state index in [1.165, 1.54) is 14.0 Å². The Morgan fingerprint density at radius 3 is 2.52 bits per heavy atom. The summed E-state index contributed by atoms with van der Waals surface area (Å²) in [6, 6.07) is 10.0. The summed E-state index contributed by atoms with van der Waals surface area (Å²) in [6.45, 7) is 3.25. The van der Waals surface area contributed by atoms with Gasteiger partial charge in [-0.15, -0.1) is 0 Å². The fraction of sp³-hybridized carbons (Fsp3) is 0.176. The predicted octanol–water partition coefficient (Wildman–Crippen LogP) is 3.87. The van der Waals surface area contributed by atoms with Gasteiger partial charge in [0.1, 0.15) is 5.75 Å². The van der Waals surface area contributed by atoms with Crippen molar-refractivity contribution in [2.45, 2.75) is 13.8 Å². The summed E-state index contributed by atoms with van der Waals surface area (Å²) in [5, 5.41) is 5.92. The molecule has 0 aliphatic heterocycles. The number of methoxy groups -OCH3 is 1. The van der Waals surface area contributed by atoms with Gasteiger partial charge in [-0.25, -0.2) is 0 Å². The Labute approximate surface area is 139 Å². The van der Waals surface area contributed by atoms with Crippen LogP contribution in [0.4, 0.5) is 11.4 Å². The third-order valence-corrected chi connectivity index (χ3v) is 3.36. The molecule has 0 aliphatic rings. The summed E-state index contributed by atoms with van der Waals surface area (Å²) < 4.78 is 5.31. The molecule has 23 heavy (non-hydrogen) atoms. The van der Waals surface area contributed by atoms with Gasteiger partial charge in [-0.2, -0.15) is 0 Å². The van der Waals surface area contributed by atoms with Crippen LogP contribution in [0.1, 0.15) is 22.8 Å². The fourth-order valence-electron chi connectivity index (χ4n) is 2.23. The summed E-state index contributed by atoms with van der Waals surface area (Å²) in [7, 11) is 1.53. The Balaban J connectivity index is 2.27. The monoisotopic (exact) mass is 332 g/mol. The van der Waals surface area contributed by atoms with Gasteiger partial charge in [-0.05, 0) is 42.8 Å². The normalized spacial score (nSPS) is 10.1. The molecule has 5 nitrogen and oxygen atoms in total. The molecule has 0 heterocycles. The highest BCUT2D eigenvalue weighted by Gasteiger charge is 2.13. The van der Waals surface area contributed by atoms with E-state index in [0.717, 1.165) is 5.56 Å². The van der Waals surface area contributed by atoms with Crippen LogP contribution >= 0.6 is 11.6 Å². The molecule has 0 bridgehead atoms. The van der Waals surface area contributed by atoms with Gasteiger partial charge in [0.15, 0.2) is 0 Å². The van der Waals surface area contributed by atoms with Crippen LogP contribution in [0.15, 0.2) is 36.4 Å². The van der Waals surface area contributed by atoms with Gasteiger partial charge in [0.05, 0.1) is 12.8 Å². The molecule has 2 amide bonds. The molecule has 0 saturated carbocycles. The number of hydrogen-bond donors (Lipinski definition) is 2. The van der Waals surface area contributed by atoms with Gasteiger partial charge >= 0.3 is 0 Å². The maximum atomic E-state index is 12.4. The quantitative estimate of drug-likeness (QED) is 0.893. The number of hydrogen-bond acceptors (Lipinski definition) is 3. The molecule has 0 saturated heterocycles. The summed E-state index contributed by atoms with van der Waals surface area (Å²) >= 11 is 6.04. The lowest BCUT2D eigenvalue weighted by molar-refractivity contribution is -0.114. The topological polar surface area (TPSA) is 67.4 Å². The first kappa shape index (κ1) is 16.8. The number of anilines is 2. The minimum absolute atomic E-state index is 0.199. The lowest BCUT2D eigenvalue weighted by atomic mass is 10.1. The second-order valence-electron chi connectivity index (χ2n) is 5.02. The van der Waals surface area contributed by atoms with Crippen LogP contribution in [-0.2, 0) is 4.79 Å². The molecule has 0 aromatic heterocycles. The summed E-state index contributed by atoms with van der Waals surface area (Å²) in [5.74, 6) is 0.0348. The van der Waals surface area contributed by atoms with Crippen molar-refractivity contribution in [1.82, 2.24) is 0 Å². The van der Waals surface area contributed by atoms with Crippen molar-refractivity contribution in [1.29, 1.82) is 0 Å². The van der Waals surface area contributed by atoms with Crippen LogP contribution in [0.5, 0.6) is 5.75 Å². The van der Waals surface area contributed by atoms with Crippen LogP contribution in [0.2, 0.25) is 5.02 Å².